The molecule has 0 atom stereocenters. The van der Waals surface area contributed by atoms with Crippen LogP contribution in [0.1, 0.15) is 26.7 Å². The van der Waals surface area contributed by atoms with Gasteiger partial charge in [0.25, 0.3) is 0 Å². The average molecular weight is 195 g/mol. The quantitative estimate of drug-likeness (QED) is 0.487. The summed E-state index contributed by atoms with van der Waals surface area (Å²) in [4.78, 5) is 0. The molecule has 0 aromatic carbocycles. The van der Waals surface area contributed by atoms with Gasteiger partial charge in [0, 0.05) is 0 Å². The van der Waals surface area contributed by atoms with Crippen molar-refractivity contribution in [3.8, 4) is 0 Å². The summed E-state index contributed by atoms with van der Waals surface area (Å²) in [5.41, 5.74) is 0. The Labute approximate surface area is 63.8 Å². The number of unbranched alkanes of at least 4 members (excludes halogenated alkanes) is 1. The summed E-state index contributed by atoms with van der Waals surface area (Å²) in [5.74, 6) is 1.27. The van der Waals surface area contributed by atoms with Crippen LogP contribution in [0.3, 0.4) is 0 Å². The molecule has 0 nitrogen and oxygen atoms in total. The molecule has 8 heavy (non-hydrogen) atoms. The molecular weight excluding hydrogens is 183 g/mol. The Kier molecular flexibility index (Phi) is 6.41. The summed E-state index contributed by atoms with van der Waals surface area (Å²) in [6.45, 7) is 4.33. The fraction of sp³-hybridized carbons (Fsp3) is 0.833. The van der Waals surface area contributed by atoms with E-state index in [1.807, 2.05) is 11.8 Å². The van der Waals surface area contributed by atoms with Crippen LogP contribution in [-0.4, -0.2) is 25.1 Å². The topological polar surface area (TPSA) is 0 Å². The van der Waals surface area contributed by atoms with Gasteiger partial charge in [-0.25, -0.2) is 0 Å². The van der Waals surface area contributed by atoms with Crippen LogP contribution in [-0.2, 0) is 0 Å². The number of thioether (sulfide) groups is 1. The van der Waals surface area contributed by atoms with E-state index in [9.17, 15) is 0 Å². The van der Waals surface area contributed by atoms with E-state index >= 15 is 0 Å². The van der Waals surface area contributed by atoms with Crippen LogP contribution >= 0.6 is 11.8 Å². The third kappa shape index (κ3) is 6.74. The van der Waals surface area contributed by atoms with Crippen LogP contribution in [0.4, 0.5) is 0 Å². The van der Waals surface area contributed by atoms with Crippen LogP contribution in [0.2, 0.25) is 0 Å². The molecule has 0 saturated heterocycles. The van der Waals surface area contributed by atoms with Crippen LogP contribution in [0.15, 0.2) is 0 Å². The standard InChI is InChI=1S/C6H12SSe/c1-3-4-5-7-6(2)8/h3-5H2,1-2H3. The molecule has 0 heterocycles. The maximum absolute atomic E-state index is 2.98. The van der Waals surface area contributed by atoms with Crippen molar-refractivity contribution in [2.75, 3.05) is 5.75 Å². The zero-order valence-electron chi connectivity index (χ0n) is 5.44. The molecule has 0 amide bonds. The van der Waals surface area contributed by atoms with Gasteiger partial charge >= 0.3 is 63.5 Å². The normalized spacial score (nSPS) is 9.25. The summed E-state index contributed by atoms with van der Waals surface area (Å²) in [6, 6.07) is 0. The van der Waals surface area contributed by atoms with Crippen molar-refractivity contribution in [3.05, 3.63) is 0 Å². The third-order valence-electron chi connectivity index (χ3n) is 0.803. The fourth-order valence-corrected chi connectivity index (χ4v) is 1.61. The number of hydrogen-bond donors (Lipinski definition) is 0. The molecule has 0 aromatic rings. The van der Waals surface area contributed by atoms with Crippen molar-refractivity contribution in [2.24, 2.45) is 0 Å². The van der Waals surface area contributed by atoms with Crippen LogP contribution in [0.25, 0.3) is 0 Å². The molecule has 0 aliphatic heterocycles. The second kappa shape index (κ2) is 5.87. The summed E-state index contributed by atoms with van der Waals surface area (Å²) >= 11 is 4.90. The van der Waals surface area contributed by atoms with E-state index in [1.54, 1.807) is 0 Å². The Balaban J connectivity index is 2.82. The van der Waals surface area contributed by atoms with Crippen LogP contribution in [0, 0.1) is 0 Å². The molecule has 0 aliphatic carbocycles. The zero-order valence-corrected chi connectivity index (χ0v) is 7.97. The van der Waals surface area contributed by atoms with E-state index < -0.39 is 0 Å². The molecule has 48 valence electrons. The second-order valence-electron chi connectivity index (χ2n) is 1.69. The molecule has 0 N–H and O–H groups in total. The number of hydrogen-bond acceptors (Lipinski definition) is 1. The van der Waals surface area contributed by atoms with Gasteiger partial charge in [-0.2, -0.15) is 0 Å². The molecule has 0 saturated carbocycles. The predicted octanol–water partition coefficient (Wildman–Crippen LogP) is 1.84. The molecule has 0 aliphatic rings. The van der Waals surface area contributed by atoms with Crippen molar-refractivity contribution >= 4 is 31.1 Å². The van der Waals surface area contributed by atoms with E-state index in [1.165, 1.54) is 22.3 Å². The third-order valence-corrected chi connectivity index (χ3v) is 2.44. The number of rotatable bonds is 4. The van der Waals surface area contributed by atoms with Gasteiger partial charge in [0.2, 0.25) is 0 Å². The van der Waals surface area contributed by atoms with Gasteiger partial charge in [-0.3, -0.25) is 0 Å². The first kappa shape index (κ1) is 8.74. The van der Waals surface area contributed by atoms with Crippen molar-refractivity contribution in [3.63, 3.8) is 0 Å². The molecule has 0 fully saturated rings. The summed E-state index contributed by atoms with van der Waals surface area (Å²) in [6.07, 6.45) is 2.64. The molecule has 0 spiro atoms. The molecule has 0 aromatic heterocycles. The van der Waals surface area contributed by atoms with Gasteiger partial charge in [-0.1, -0.05) is 0 Å². The first-order valence-corrected chi connectivity index (χ1v) is 4.75. The molecular formula is C6H12SSe. The monoisotopic (exact) mass is 196 g/mol. The van der Waals surface area contributed by atoms with Gasteiger partial charge in [0.15, 0.2) is 0 Å². The van der Waals surface area contributed by atoms with Crippen molar-refractivity contribution in [1.29, 1.82) is 0 Å². The minimum atomic E-state index is 1.27. The van der Waals surface area contributed by atoms with Gasteiger partial charge < -0.3 is 0 Å². The molecule has 2 heteroatoms. The van der Waals surface area contributed by atoms with E-state index in [4.69, 9.17) is 0 Å². The van der Waals surface area contributed by atoms with E-state index in [0.29, 0.717) is 0 Å². The molecule has 0 radical (unpaired) electrons. The van der Waals surface area contributed by atoms with Crippen molar-refractivity contribution < 1.29 is 0 Å². The average Bonchev–Trinajstić information content (AvgIpc) is 1.66. The van der Waals surface area contributed by atoms with Crippen LogP contribution < -0.4 is 0 Å². The van der Waals surface area contributed by atoms with Gasteiger partial charge in [-0.15, -0.1) is 0 Å². The van der Waals surface area contributed by atoms with Gasteiger partial charge in [-0.05, 0) is 0 Å². The summed E-state index contributed by atoms with van der Waals surface area (Å²) < 4.78 is 1.36. The Morgan fingerprint density at radius 2 is 2.25 bits per heavy atom. The zero-order chi connectivity index (χ0) is 6.41. The fourth-order valence-electron chi connectivity index (χ4n) is 0.360. The Morgan fingerprint density at radius 3 is 2.62 bits per heavy atom. The SMILES string of the molecule is CCCCSC(C)=[Se]. The van der Waals surface area contributed by atoms with Crippen molar-refractivity contribution in [1.82, 2.24) is 0 Å². The second-order valence-corrected chi connectivity index (χ2v) is 4.87. The Morgan fingerprint density at radius 1 is 1.62 bits per heavy atom. The minimum absolute atomic E-state index is 1.27. The summed E-state index contributed by atoms with van der Waals surface area (Å²) in [5, 5.41) is 0. The Hall–Kier alpha value is 0.739. The van der Waals surface area contributed by atoms with E-state index in [0.717, 1.165) is 0 Å². The van der Waals surface area contributed by atoms with Gasteiger partial charge in [0.1, 0.15) is 0 Å². The van der Waals surface area contributed by atoms with E-state index in [-0.39, 0.29) is 0 Å². The van der Waals surface area contributed by atoms with Crippen molar-refractivity contribution in [2.45, 2.75) is 26.7 Å². The molecule has 0 rings (SSSR count). The van der Waals surface area contributed by atoms with Gasteiger partial charge in [0.05, 0.1) is 0 Å². The predicted molar refractivity (Wildman–Crippen MR) is 43.8 cm³/mol. The summed E-state index contributed by atoms with van der Waals surface area (Å²) in [7, 11) is 0. The van der Waals surface area contributed by atoms with Crippen LogP contribution in [0.5, 0.6) is 0 Å². The molecule has 0 unspecified atom stereocenters. The Bertz CT molecular complexity index is 70.9. The first-order chi connectivity index (χ1) is 3.77. The maximum atomic E-state index is 2.98. The first-order valence-electron chi connectivity index (χ1n) is 2.90. The van der Waals surface area contributed by atoms with E-state index in [2.05, 4.69) is 29.4 Å². The molecule has 0 bridgehead atoms.